The number of amides is 1. The maximum absolute atomic E-state index is 13.3. The molecular weight excluding hydrogens is 429 g/mol. The van der Waals surface area contributed by atoms with E-state index < -0.39 is 15.8 Å². The van der Waals surface area contributed by atoms with Crippen molar-refractivity contribution in [2.24, 2.45) is 0 Å². The number of carbonyl (C=O) groups excluding carboxylic acids is 1. The number of carbonyl (C=O) groups is 1. The van der Waals surface area contributed by atoms with Crippen LogP contribution >= 0.6 is 11.6 Å². The number of likely N-dealkylation sites (N-methyl/N-ethyl adjacent to an activating group) is 1. The lowest BCUT2D eigenvalue weighted by atomic mass is 10.2. The van der Waals surface area contributed by atoms with Gasteiger partial charge in [0.2, 0.25) is 15.9 Å². The third kappa shape index (κ3) is 5.57. The Kier molecular flexibility index (Phi) is 7.46. The topological polar surface area (TPSA) is 60.9 Å². The zero-order chi connectivity index (χ0) is 21.7. The molecule has 1 aliphatic heterocycles. The van der Waals surface area contributed by atoms with Crippen molar-refractivity contribution in [2.75, 3.05) is 39.3 Å². The summed E-state index contributed by atoms with van der Waals surface area (Å²) in [4.78, 5) is 16.9. The Morgan fingerprint density at radius 2 is 1.63 bits per heavy atom. The maximum atomic E-state index is 13.3. The van der Waals surface area contributed by atoms with E-state index in [0.29, 0.717) is 23.7 Å². The van der Waals surface area contributed by atoms with Crippen molar-refractivity contribution in [1.29, 1.82) is 0 Å². The average molecular weight is 454 g/mol. The Morgan fingerprint density at radius 3 is 2.20 bits per heavy atom. The van der Waals surface area contributed by atoms with Crippen molar-refractivity contribution in [3.8, 4) is 0 Å². The molecule has 2 aromatic rings. The monoisotopic (exact) mass is 453 g/mol. The summed E-state index contributed by atoms with van der Waals surface area (Å²) in [7, 11) is -3.95. The first kappa shape index (κ1) is 22.7. The number of hydrogen-bond donors (Lipinski definition) is 0. The second-order valence-corrected chi connectivity index (χ2v) is 9.54. The van der Waals surface area contributed by atoms with Crippen molar-refractivity contribution in [3.05, 3.63) is 64.9 Å². The van der Waals surface area contributed by atoms with Crippen molar-refractivity contribution in [2.45, 2.75) is 18.4 Å². The van der Waals surface area contributed by atoms with Gasteiger partial charge in [-0.1, -0.05) is 30.7 Å². The van der Waals surface area contributed by atoms with Crippen LogP contribution in [0.25, 0.3) is 0 Å². The molecule has 0 aromatic heterocycles. The molecule has 0 bridgehead atoms. The Morgan fingerprint density at radius 1 is 1.03 bits per heavy atom. The number of nitrogens with zero attached hydrogens (tertiary/aromatic N) is 3. The molecule has 0 aliphatic carbocycles. The molecule has 0 unspecified atom stereocenters. The van der Waals surface area contributed by atoms with Crippen LogP contribution in [0.3, 0.4) is 0 Å². The van der Waals surface area contributed by atoms with Crippen LogP contribution in [0.4, 0.5) is 4.39 Å². The van der Waals surface area contributed by atoms with Gasteiger partial charge in [0.05, 0.1) is 11.4 Å². The van der Waals surface area contributed by atoms with Crippen LogP contribution in [-0.2, 0) is 21.4 Å². The minimum atomic E-state index is -3.95. The molecule has 0 N–H and O–H groups in total. The molecule has 1 heterocycles. The molecule has 3 rings (SSSR count). The Labute approximate surface area is 181 Å². The molecule has 0 saturated carbocycles. The first-order valence-corrected chi connectivity index (χ1v) is 11.6. The fraction of sp³-hybridized carbons (Fsp3) is 0.381. The molecule has 1 fully saturated rings. The van der Waals surface area contributed by atoms with Crippen LogP contribution < -0.4 is 0 Å². The van der Waals surface area contributed by atoms with E-state index in [1.807, 2.05) is 0 Å². The Balaban J connectivity index is 1.82. The molecule has 2 aromatic carbocycles. The highest BCUT2D eigenvalue weighted by atomic mass is 35.5. The molecule has 1 aliphatic rings. The van der Waals surface area contributed by atoms with Crippen LogP contribution in [0.15, 0.2) is 53.4 Å². The van der Waals surface area contributed by atoms with Crippen LogP contribution in [0.1, 0.15) is 12.5 Å². The van der Waals surface area contributed by atoms with Crippen molar-refractivity contribution >= 4 is 27.5 Å². The summed E-state index contributed by atoms with van der Waals surface area (Å²) in [5.74, 6) is -0.652. The number of sulfonamides is 1. The van der Waals surface area contributed by atoms with Crippen LogP contribution in [0, 0.1) is 5.82 Å². The highest BCUT2D eigenvalue weighted by Gasteiger charge is 2.30. The van der Waals surface area contributed by atoms with E-state index in [1.54, 1.807) is 4.90 Å². The maximum Gasteiger partial charge on any atom is 0.243 e. The zero-order valence-electron chi connectivity index (χ0n) is 16.8. The molecule has 0 atom stereocenters. The summed E-state index contributed by atoms with van der Waals surface area (Å²) < 4.78 is 40.9. The van der Waals surface area contributed by atoms with E-state index in [0.717, 1.165) is 23.9 Å². The number of rotatable bonds is 7. The lowest BCUT2D eigenvalue weighted by Gasteiger charge is -2.35. The normalized spacial score (nSPS) is 15.5. The van der Waals surface area contributed by atoms with E-state index in [-0.39, 0.29) is 23.9 Å². The lowest BCUT2D eigenvalue weighted by Crippen LogP contribution is -2.51. The third-order valence-corrected chi connectivity index (χ3v) is 7.27. The van der Waals surface area contributed by atoms with Gasteiger partial charge in [-0.05, 0) is 48.5 Å². The number of halogens is 2. The largest absolute Gasteiger partial charge is 0.339 e. The summed E-state index contributed by atoms with van der Waals surface area (Å²) >= 11 is 5.89. The summed E-state index contributed by atoms with van der Waals surface area (Å²) in [5, 5.41) is 0.420. The standard InChI is InChI=1S/C21H25ClFN3O3S/c1-2-24-11-13-25(14-12-24)21(27)16-26(15-17-3-7-19(23)8-4-17)30(28,29)20-9-5-18(22)6-10-20/h3-10H,2,11-16H2,1H3. The molecule has 162 valence electrons. The highest BCUT2D eigenvalue weighted by Crippen LogP contribution is 2.21. The SMILES string of the molecule is CCN1CCN(C(=O)CN(Cc2ccc(F)cc2)S(=O)(=O)c2ccc(Cl)cc2)CC1. The van der Waals surface area contributed by atoms with Gasteiger partial charge in [0.15, 0.2) is 0 Å². The van der Waals surface area contributed by atoms with Crippen molar-refractivity contribution in [1.82, 2.24) is 14.1 Å². The van der Waals surface area contributed by atoms with Crippen LogP contribution in [0.2, 0.25) is 5.02 Å². The highest BCUT2D eigenvalue weighted by molar-refractivity contribution is 7.89. The number of piperazine rings is 1. The smallest absolute Gasteiger partial charge is 0.243 e. The van der Waals surface area contributed by atoms with Crippen LogP contribution in [-0.4, -0.2) is 67.7 Å². The van der Waals surface area contributed by atoms with Gasteiger partial charge in [0.1, 0.15) is 5.82 Å². The van der Waals surface area contributed by atoms with Gasteiger partial charge in [0.25, 0.3) is 0 Å². The van der Waals surface area contributed by atoms with Gasteiger partial charge < -0.3 is 9.80 Å². The van der Waals surface area contributed by atoms with E-state index in [9.17, 15) is 17.6 Å². The fourth-order valence-electron chi connectivity index (χ4n) is 3.34. The quantitative estimate of drug-likeness (QED) is 0.646. The Bertz CT molecular complexity index is 960. The van der Waals surface area contributed by atoms with Gasteiger partial charge in [0, 0.05) is 37.7 Å². The predicted octanol–water partition coefficient (Wildman–Crippen LogP) is 2.83. The van der Waals surface area contributed by atoms with E-state index in [1.165, 1.54) is 48.5 Å². The zero-order valence-corrected chi connectivity index (χ0v) is 18.4. The minimum Gasteiger partial charge on any atom is -0.339 e. The fourth-order valence-corrected chi connectivity index (χ4v) is 4.84. The van der Waals surface area contributed by atoms with Crippen molar-refractivity contribution < 1.29 is 17.6 Å². The molecular formula is C21H25ClFN3O3S. The van der Waals surface area contributed by atoms with Gasteiger partial charge >= 0.3 is 0 Å². The second-order valence-electron chi connectivity index (χ2n) is 7.17. The van der Waals surface area contributed by atoms with Gasteiger partial charge in [-0.15, -0.1) is 0 Å². The first-order valence-electron chi connectivity index (χ1n) is 9.80. The number of benzene rings is 2. The molecule has 30 heavy (non-hydrogen) atoms. The van der Waals surface area contributed by atoms with Gasteiger partial charge in [-0.25, -0.2) is 12.8 Å². The molecule has 1 saturated heterocycles. The molecule has 1 amide bonds. The molecule has 6 nitrogen and oxygen atoms in total. The van der Waals surface area contributed by atoms with Gasteiger partial charge in [-0.2, -0.15) is 4.31 Å². The van der Waals surface area contributed by atoms with E-state index in [4.69, 9.17) is 11.6 Å². The molecule has 9 heteroatoms. The second kappa shape index (κ2) is 9.87. The summed E-state index contributed by atoms with van der Waals surface area (Å²) in [6.45, 7) is 5.34. The molecule has 0 radical (unpaired) electrons. The predicted molar refractivity (Wildman–Crippen MR) is 114 cm³/mol. The third-order valence-electron chi connectivity index (χ3n) is 5.21. The average Bonchev–Trinajstić information content (AvgIpc) is 2.75. The number of hydrogen-bond acceptors (Lipinski definition) is 4. The van der Waals surface area contributed by atoms with E-state index in [2.05, 4.69) is 11.8 Å². The van der Waals surface area contributed by atoms with E-state index >= 15 is 0 Å². The summed E-state index contributed by atoms with van der Waals surface area (Å²) in [5.41, 5.74) is 0.595. The lowest BCUT2D eigenvalue weighted by molar-refractivity contribution is -0.133. The molecule has 0 spiro atoms. The Hall–Kier alpha value is -2.00. The summed E-state index contributed by atoms with van der Waals surface area (Å²) in [6, 6.07) is 11.4. The van der Waals surface area contributed by atoms with Gasteiger partial charge in [-0.3, -0.25) is 4.79 Å². The first-order chi connectivity index (χ1) is 14.3. The van der Waals surface area contributed by atoms with Crippen molar-refractivity contribution in [3.63, 3.8) is 0 Å². The minimum absolute atomic E-state index is 0.0358. The summed E-state index contributed by atoms with van der Waals surface area (Å²) in [6.07, 6.45) is 0. The van der Waals surface area contributed by atoms with Crippen LogP contribution in [0.5, 0.6) is 0 Å².